The molecule has 0 aromatic heterocycles. The van der Waals surface area contributed by atoms with E-state index >= 15 is 0 Å². The van der Waals surface area contributed by atoms with Gasteiger partial charge < -0.3 is 5.32 Å². The van der Waals surface area contributed by atoms with Crippen LogP contribution in [0.25, 0.3) is 10.8 Å². The molecule has 1 heterocycles. The molecule has 21 heavy (non-hydrogen) atoms. The summed E-state index contributed by atoms with van der Waals surface area (Å²) in [7, 11) is 0. The monoisotopic (exact) mass is 279 g/mol. The van der Waals surface area contributed by atoms with E-state index in [1.54, 1.807) is 0 Å². The fourth-order valence-corrected chi connectivity index (χ4v) is 4.75. The third-order valence-corrected chi connectivity index (χ3v) is 5.99. The second kappa shape index (κ2) is 4.50. The fraction of sp³-hybridized carbons (Fsp3) is 0.500. The van der Waals surface area contributed by atoms with Crippen molar-refractivity contribution in [3.63, 3.8) is 0 Å². The van der Waals surface area contributed by atoms with Crippen molar-refractivity contribution in [2.75, 3.05) is 5.32 Å². The van der Waals surface area contributed by atoms with Gasteiger partial charge in [-0.2, -0.15) is 0 Å². The van der Waals surface area contributed by atoms with E-state index in [0.29, 0.717) is 6.04 Å². The molecular formula is C20H25N. The van der Waals surface area contributed by atoms with Crippen LogP contribution in [0.2, 0.25) is 0 Å². The third kappa shape index (κ3) is 1.90. The van der Waals surface area contributed by atoms with Crippen LogP contribution in [0.1, 0.15) is 45.6 Å². The van der Waals surface area contributed by atoms with Crippen molar-refractivity contribution in [2.24, 2.45) is 11.8 Å². The largest absolute Gasteiger partial charge is 0.381 e. The van der Waals surface area contributed by atoms with Gasteiger partial charge in [-0.25, -0.2) is 0 Å². The van der Waals surface area contributed by atoms with E-state index in [1.165, 1.54) is 41.3 Å². The molecule has 2 aromatic rings. The molecule has 1 nitrogen and oxygen atoms in total. The zero-order valence-electron chi connectivity index (χ0n) is 13.3. The summed E-state index contributed by atoms with van der Waals surface area (Å²) in [5, 5.41) is 6.67. The van der Waals surface area contributed by atoms with Gasteiger partial charge in [0, 0.05) is 17.1 Å². The number of rotatable bonds is 0. The predicted octanol–water partition coefficient (Wildman–Crippen LogP) is 5.35. The van der Waals surface area contributed by atoms with E-state index in [1.807, 2.05) is 0 Å². The van der Waals surface area contributed by atoms with E-state index in [-0.39, 0.29) is 5.41 Å². The minimum absolute atomic E-state index is 0.273. The van der Waals surface area contributed by atoms with Crippen molar-refractivity contribution in [1.29, 1.82) is 0 Å². The molecule has 1 heteroatoms. The topological polar surface area (TPSA) is 12.0 Å². The first-order chi connectivity index (χ1) is 10.1. The predicted molar refractivity (Wildman–Crippen MR) is 90.9 cm³/mol. The fourth-order valence-electron chi connectivity index (χ4n) is 4.75. The molecule has 0 unspecified atom stereocenters. The minimum Gasteiger partial charge on any atom is -0.381 e. The molecule has 4 rings (SSSR count). The first-order valence-corrected chi connectivity index (χ1v) is 8.36. The van der Waals surface area contributed by atoms with Gasteiger partial charge in [0.25, 0.3) is 0 Å². The lowest BCUT2D eigenvalue weighted by Gasteiger charge is -2.50. The van der Waals surface area contributed by atoms with Gasteiger partial charge in [-0.05, 0) is 41.0 Å². The van der Waals surface area contributed by atoms with E-state index in [9.17, 15) is 0 Å². The van der Waals surface area contributed by atoms with Crippen molar-refractivity contribution in [3.05, 3.63) is 42.0 Å². The Morgan fingerprint density at radius 3 is 2.71 bits per heavy atom. The Bertz CT molecular complexity index is 685. The molecular weight excluding hydrogens is 254 g/mol. The minimum atomic E-state index is 0.273. The average molecular weight is 279 g/mol. The van der Waals surface area contributed by atoms with Crippen molar-refractivity contribution in [3.8, 4) is 0 Å². The quantitative estimate of drug-likeness (QED) is 0.685. The average Bonchev–Trinajstić information content (AvgIpc) is 2.46. The van der Waals surface area contributed by atoms with Crippen molar-refractivity contribution < 1.29 is 0 Å². The Hall–Kier alpha value is -1.50. The maximum absolute atomic E-state index is 3.93. The second-order valence-corrected chi connectivity index (χ2v) is 7.71. The van der Waals surface area contributed by atoms with Crippen LogP contribution in [0.4, 0.5) is 5.69 Å². The van der Waals surface area contributed by atoms with Crippen LogP contribution in [-0.2, 0) is 5.41 Å². The van der Waals surface area contributed by atoms with Gasteiger partial charge in [0.15, 0.2) is 0 Å². The van der Waals surface area contributed by atoms with Gasteiger partial charge in [-0.15, -0.1) is 0 Å². The van der Waals surface area contributed by atoms with E-state index in [4.69, 9.17) is 0 Å². The normalized spacial score (nSPS) is 30.3. The highest BCUT2D eigenvalue weighted by molar-refractivity contribution is 5.96. The highest BCUT2D eigenvalue weighted by Crippen LogP contribution is 2.50. The molecule has 0 amide bonds. The zero-order valence-corrected chi connectivity index (χ0v) is 13.3. The molecule has 3 atom stereocenters. The smallest absolute Gasteiger partial charge is 0.0460 e. The Morgan fingerprint density at radius 2 is 1.86 bits per heavy atom. The number of fused-ring (bicyclic) bond motifs is 4. The van der Waals surface area contributed by atoms with Crippen LogP contribution >= 0.6 is 0 Å². The summed E-state index contributed by atoms with van der Waals surface area (Å²) in [6, 6.07) is 14.1. The third-order valence-electron chi connectivity index (χ3n) is 5.99. The van der Waals surface area contributed by atoms with Crippen LogP contribution in [0.3, 0.4) is 0 Å². The maximum atomic E-state index is 3.93. The lowest BCUT2D eigenvalue weighted by atomic mass is 9.61. The Morgan fingerprint density at radius 1 is 1.05 bits per heavy atom. The summed E-state index contributed by atoms with van der Waals surface area (Å²) >= 11 is 0. The Balaban J connectivity index is 1.91. The molecule has 110 valence electrons. The van der Waals surface area contributed by atoms with Gasteiger partial charge in [0.05, 0.1) is 0 Å². The van der Waals surface area contributed by atoms with E-state index < -0.39 is 0 Å². The molecule has 1 N–H and O–H groups in total. The number of hydrogen-bond acceptors (Lipinski definition) is 1. The SMILES string of the molecule is C[C@@H]1CC[C@@H]2[C@H](C1)Nc1c(ccc3ccccc13)C2(C)C. The molecule has 0 radical (unpaired) electrons. The highest BCUT2D eigenvalue weighted by atomic mass is 15.0. The van der Waals surface area contributed by atoms with Gasteiger partial charge in [0.1, 0.15) is 0 Å². The van der Waals surface area contributed by atoms with E-state index in [0.717, 1.165) is 11.8 Å². The van der Waals surface area contributed by atoms with Crippen LogP contribution in [0.5, 0.6) is 0 Å². The second-order valence-electron chi connectivity index (χ2n) is 7.71. The Labute approximate surface area is 127 Å². The summed E-state index contributed by atoms with van der Waals surface area (Å²) in [5.41, 5.74) is 3.18. The van der Waals surface area contributed by atoms with Crippen LogP contribution < -0.4 is 5.32 Å². The van der Waals surface area contributed by atoms with Crippen LogP contribution in [0, 0.1) is 11.8 Å². The first-order valence-electron chi connectivity index (χ1n) is 8.36. The molecule has 1 fully saturated rings. The van der Waals surface area contributed by atoms with Crippen LogP contribution in [0.15, 0.2) is 36.4 Å². The van der Waals surface area contributed by atoms with Gasteiger partial charge in [0.2, 0.25) is 0 Å². The zero-order chi connectivity index (χ0) is 14.6. The first kappa shape index (κ1) is 13.2. The molecule has 2 aliphatic rings. The maximum Gasteiger partial charge on any atom is 0.0460 e. The molecule has 0 bridgehead atoms. The summed E-state index contributed by atoms with van der Waals surface area (Å²) in [6.07, 6.45) is 4.06. The molecule has 1 aliphatic heterocycles. The number of benzene rings is 2. The van der Waals surface area contributed by atoms with Crippen molar-refractivity contribution in [2.45, 2.75) is 51.5 Å². The molecule has 0 spiro atoms. The number of anilines is 1. The molecule has 1 saturated carbocycles. The molecule has 2 aromatic carbocycles. The van der Waals surface area contributed by atoms with Gasteiger partial charge in [-0.3, -0.25) is 0 Å². The van der Waals surface area contributed by atoms with Crippen LogP contribution in [-0.4, -0.2) is 6.04 Å². The highest BCUT2D eigenvalue weighted by Gasteiger charge is 2.44. The lowest BCUT2D eigenvalue weighted by Crippen LogP contribution is -2.49. The Kier molecular flexibility index (Phi) is 2.82. The number of hydrogen-bond donors (Lipinski definition) is 1. The van der Waals surface area contributed by atoms with Crippen molar-refractivity contribution >= 4 is 16.5 Å². The standard InChI is InChI=1S/C20H25N/c1-13-8-10-16-18(12-13)21-19-15-7-5-4-6-14(15)9-11-17(19)20(16,2)3/h4-7,9,11,13,16,18,21H,8,10,12H2,1-3H3/t13-,16-,18+/m1/s1. The summed E-state index contributed by atoms with van der Waals surface area (Å²) in [5.74, 6) is 1.62. The summed E-state index contributed by atoms with van der Waals surface area (Å²) < 4.78 is 0. The van der Waals surface area contributed by atoms with Gasteiger partial charge >= 0.3 is 0 Å². The summed E-state index contributed by atoms with van der Waals surface area (Å²) in [4.78, 5) is 0. The van der Waals surface area contributed by atoms with E-state index in [2.05, 4.69) is 62.5 Å². The van der Waals surface area contributed by atoms with Crippen molar-refractivity contribution in [1.82, 2.24) is 0 Å². The summed E-state index contributed by atoms with van der Waals surface area (Å²) in [6.45, 7) is 7.31. The lowest BCUT2D eigenvalue weighted by molar-refractivity contribution is 0.174. The molecule has 1 aliphatic carbocycles. The molecule has 0 saturated heterocycles. The number of nitrogens with one attached hydrogen (secondary N) is 1. The van der Waals surface area contributed by atoms with Gasteiger partial charge in [-0.1, -0.05) is 63.6 Å².